The molecule has 0 radical (unpaired) electrons. The lowest BCUT2D eigenvalue weighted by atomic mass is 10.1. The van der Waals surface area contributed by atoms with E-state index in [1.54, 1.807) is 40.9 Å². The van der Waals surface area contributed by atoms with Crippen molar-refractivity contribution in [3.05, 3.63) is 70.0 Å². The minimum absolute atomic E-state index is 0.0270. The zero-order valence-corrected chi connectivity index (χ0v) is 15.5. The largest absolute Gasteiger partial charge is 0.507 e. The van der Waals surface area contributed by atoms with Crippen LogP contribution in [0.1, 0.15) is 0 Å². The molecule has 0 atom stereocenters. The predicted molar refractivity (Wildman–Crippen MR) is 102 cm³/mol. The molecule has 0 bridgehead atoms. The average molecular weight is 434 g/mol. The molecule has 0 aliphatic rings. The SMILES string of the molecule is Oc1cccc(Cl)c1-c1nc(-c2c(F)ccc(Br)c2O)c2ccccn12. The van der Waals surface area contributed by atoms with Gasteiger partial charge in [-0.05, 0) is 52.3 Å². The van der Waals surface area contributed by atoms with Crippen LogP contribution in [0.15, 0.2) is 59.2 Å². The monoisotopic (exact) mass is 432 g/mol. The topological polar surface area (TPSA) is 57.8 Å². The van der Waals surface area contributed by atoms with Gasteiger partial charge in [0.1, 0.15) is 23.0 Å². The maximum atomic E-state index is 14.5. The number of hydrogen-bond acceptors (Lipinski definition) is 3. The van der Waals surface area contributed by atoms with E-state index in [9.17, 15) is 14.6 Å². The Morgan fingerprint density at radius 3 is 2.58 bits per heavy atom. The van der Waals surface area contributed by atoms with Crippen LogP contribution in [0.25, 0.3) is 28.2 Å². The van der Waals surface area contributed by atoms with E-state index in [1.807, 2.05) is 0 Å². The third-order valence-electron chi connectivity index (χ3n) is 4.08. The van der Waals surface area contributed by atoms with E-state index in [2.05, 4.69) is 20.9 Å². The maximum Gasteiger partial charge on any atom is 0.150 e. The molecule has 0 aliphatic carbocycles. The van der Waals surface area contributed by atoms with Crippen LogP contribution in [0.2, 0.25) is 5.02 Å². The number of fused-ring (bicyclic) bond motifs is 1. The molecule has 4 nitrogen and oxygen atoms in total. The van der Waals surface area contributed by atoms with Gasteiger partial charge in [-0.15, -0.1) is 0 Å². The van der Waals surface area contributed by atoms with Crippen LogP contribution in [0.4, 0.5) is 4.39 Å². The van der Waals surface area contributed by atoms with Gasteiger partial charge in [0.15, 0.2) is 5.82 Å². The Morgan fingerprint density at radius 2 is 1.81 bits per heavy atom. The van der Waals surface area contributed by atoms with Crippen molar-refractivity contribution < 1.29 is 14.6 Å². The minimum Gasteiger partial charge on any atom is -0.507 e. The normalized spacial score (nSPS) is 11.2. The van der Waals surface area contributed by atoms with E-state index in [-0.39, 0.29) is 22.8 Å². The van der Waals surface area contributed by atoms with E-state index in [0.29, 0.717) is 26.4 Å². The van der Waals surface area contributed by atoms with Crippen LogP contribution in [-0.2, 0) is 0 Å². The van der Waals surface area contributed by atoms with E-state index >= 15 is 0 Å². The van der Waals surface area contributed by atoms with Crippen molar-refractivity contribution in [1.29, 1.82) is 0 Å². The molecular weight excluding hydrogens is 423 g/mol. The number of rotatable bonds is 2. The summed E-state index contributed by atoms with van der Waals surface area (Å²) in [6.45, 7) is 0. The van der Waals surface area contributed by atoms with Gasteiger partial charge in [0, 0.05) is 6.20 Å². The van der Waals surface area contributed by atoms with Gasteiger partial charge in [0.05, 0.1) is 26.1 Å². The van der Waals surface area contributed by atoms with Crippen molar-refractivity contribution >= 4 is 33.0 Å². The number of benzene rings is 2. The molecule has 0 saturated carbocycles. The maximum absolute atomic E-state index is 14.5. The van der Waals surface area contributed by atoms with E-state index in [4.69, 9.17) is 11.6 Å². The molecule has 2 N–H and O–H groups in total. The number of pyridine rings is 1. The highest BCUT2D eigenvalue weighted by molar-refractivity contribution is 9.10. The van der Waals surface area contributed by atoms with E-state index in [1.165, 1.54) is 18.2 Å². The number of nitrogens with zero attached hydrogens (tertiary/aromatic N) is 2. The molecule has 0 unspecified atom stereocenters. The first-order valence-electron chi connectivity index (χ1n) is 7.61. The molecule has 2 aromatic carbocycles. The number of halogens is 3. The Kier molecular flexibility index (Phi) is 4.09. The molecule has 26 heavy (non-hydrogen) atoms. The summed E-state index contributed by atoms with van der Waals surface area (Å²) < 4.78 is 16.6. The molecule has 0 saturated heterocycles. The second-order valence-corrected chi connectivity index (χ2v) is 6.89. The summed E-state index contributed by atoms with van der Waals surface area (Å²) in [5.41, 5.74) is 1.11. The molecule has 0 amide bonds. The van der Waals surface area contributed by atoms with Crippen molar-refractivity contribution in [2.24, 2.45) is 0 Å². The van der Waals surface area contributed by atoms with Crippen molar-refractivity contribution in [2.45, 2.75) is 0 Å². The van der Waals surface area contributed by atoms with Crippen molar-refractivity contribution in [3.63, 3.8) is 0 Å². The van der Waals surface area contributed by atoms with Gasteiger partial charge < -0.3 is 10.2 Å². The minimum atomic E-state index is -0.607. The molecule has 4 rings (SSSR count). The number of aromatic hydroxyl groups is 2. The van der Waals surface area contributed by atoms with Gasteiger partial charge in [-0.2, -0.15) is 0 Å². The fraction of sp³-hybridized carbons (Fsp3) is 0. The average Bonchev–Trinajstić information content (AvgIpc) is 2.98. The van der Waals surface area contributed by atoms with E-state index in [0.717, 1.165) is 0 Å². The van der Waals surface area contributed by atoms with E-state index < -0.39 is 5.82 Å². The second-order valence-electron chi connectivity index (χ2n) is 5.63. The molecule has 2 heterocycles. The summed E-state index contributed by atoms with van der Waals surface area (Å²) in [7, 11) is 0. The van der Waals surface area contributed by atoms with Crippen LogP contribution in [0.5, 0.6) is 11.5 Å². The Labute approximate surface area is 161 Å². The first-order valence-corrected chi connectivity index (χ1v) is 8.78. The highest BCUT2D eigenvalue weighted by Crippen LogP contribution is 2.42. The highest BCUT2D eigenvalue weighted by atomic mass is 79.9. The molecular formula is C19H11BrClFN2O2. The Balaban J connectivity index is 2.11. The first-order chi connectivity index (χ1) is 12.5. The van der Waals surface area contributed by atoms with Gasteiger partial charge in [-0.3, -0.25) is 4.40 Å². The predicted octanol–water partition coefficient (Wildman–Crippen LogP) is 5.63. The fourth-order valence-electron chi connectivity index (χ4n) is 2.90. The smallest absolute Gasteiger partial charge is 0.150 e. The molecule has 2 aromatic heterocycles. The Hall–Kier alpha value is -2.57. The quantitative estimate of drug-likeness (QED) is 0.430. The third-order valence-corrected chi connectivity index (χ3v) is 5.03. The van der Waals surface area contributed by atoms with Gasteiger partial charge in [0.2, 0.25) is 0 Å². The molecule has 130 valence electrons. The summed E-state index contributed by atoms with van der Waals surface area (Å²) >= 11 is 9.47. The molecule has 7 heteroatoms. The highest BCUT2D eigenvalue weighted by Gasteiger charge is 2.23. The second kappa shape index (κ2) is 6.30. The summed E-state index contributed by atoms with van der Waals surface area (Å²) in [5.74, 6) is -0.551. The summed E-state index contributed by atoms with van der Waals surface area (Å²) in [4.78, 5) is 4.51. The van der Waals surface area contributed by atoms with Crippen molar-refractivity contribution in [1.82, 2.24) is 9.38 Å². The van der Waals surface area contributed by atoms with Crippen LogP contribution >= 0.6 is 27.5 Å². The molecule has 0 aliphatic heterocycles. The number of imidazole rings is 1. The lowest BCUT2D eigenvalue weighted by Gasteiger charge is -2.06. The lowest BCUT2D eigenvalue weighted by Crippen LogP contribution is -1.89. The number of phenolic OH excluding ortho intramolecular Hbond substituents is 2. The Bertz CT molecular complexity index is 1140. The van der Waals surface area contributed by atoms with Crippen molar-refractivity contribution in [2.75, 3.05) is 0 Å². The molecule has 4 aromatic rings. The summed E-state index contributed by atoms with van der Waals surface area (Å²) in [6.07, 6.45) is 1.73. The fourth-order valence-corrected chi connectivity index (χ4v) is 3.48. The first kappa shape index (κ1) is 16.9. The molecule has 0 fully saturated rings. The zero-order valence-electron chi connectivity index (χ0n) is 13.1. The van der Waals surface area contributed by atoms with Gasteiger partial charge in [-0.25, -0.2) is 9.37 Å². The number of aromatic nitrogens is 2. The number of phenols is 2. The van der Waals surface area contributed by atoms with Crippen LogP contribution in [-0.4, -0.2) is 19.6 Å². The zero-order chi connectivity index (χ0) is 18.4. The van der Waals surface area contributed by atoms with Gasteiger partial charge >= 0.3 is 0 Å². The van der Waals surface area contributed by atoms with Crippen LogP contribution < -0.4 is 0 Å². The molecule has 0 spiro atoms. The van der Waals surface area contributed by atoms with Crippen molar-refractivity contribution in [3.8, 4) is 34.1 Å². The van der Waals surface area contributed by atoms with Crippen LogP contribution in [0.3, 0.4) is 0 Å². The lowest BCUT2D eigenvalue weighted by molar-refractivity contribution is 0.468. The van der Waals surface area contributed by atoms with Gasteiger partial charge in [0.25, 0.3) is 0 Å². The number of hydrogen-bond donors (Lipinski definition) is 2. The summed E-state index contributed by atoms with van der Waals surface area (Å²) in [6, 6.07) is 12.8. The summed E-state index contributed by atoms with van der Waals surface area (Å²) in [5, 5.41) is 20.9. The third kappa shape index (κ3) is 2.53. The van der Waals surface area contributed by atoms with Crippen LogP contribution in [0, 0.1) is 5.82 Å². The van der Waals surface area contributed by atoms with Gasteiger partial charge in [-0.1, -0.05) is 23.7 Å². The Morgan fingerprint density at radius 1 is 1.00 bits per heavy atom. The standard InChI is InChI=1S/C19H11BrClFN2O2/c20-10-7-8-12(22)16(18(10)26)17-13-5-1-2-9-24(13)19(23-17)15-11(21)4-3-6-14(15)25/h1-9,25-26H.